The van der Waals surface area contributed by atoms with Gasteiger partial charge in [0.1, 0.15) is 5.84 Å². The molecule has 0 saturated carbocycles. The molecular formula is C11H16N4O3. The average Bonchev–Trinajstić information content (AvgIpc) is 2.32. The van der Waals surface area contributed by atoms with Crippen LogP contribution in [0, 0.1) is 0 Å². The Bertz CT molecular complexity index is 451. The Balaban J connectivity index is 2.38. The van der Waals surface area contributed by atoms with Gasteiger partial charge in [-0.2, -0.15) is 0 Å². The normalized spacial score (nSPS) is 23.2. The van der Waals surface area contributed by atoms with E-state index in [1.807, 2.05) is 0 Å². The molecule has 0 aliphatic carbocycles. The SMILES string of the molecule is COC(OC)C1=CN(C)C2=NC(N)NC(=O)C2=C1. The molecular weight excluding hydrogens is 236 g/mol. The summed E-state index contributed by atoms with van der Waals surface area (Å²) in [7, 11) is 4.86. The molecule has 0 aromatic heterocycles. The third-order valence-corrected chi connectivity index (χ3v) is 2.71. The zero-order valence-electron chi connectivity index (χ0n) is 10.5. The fourth-order valence-electron chi connectivity index (χ4n) is 1.94. The number of methoxy groups -OCH3 is 2. The maximum atomic E-state index is 11.9. The van der Waals surface area contributed by atoms with Crippen molar-refractivity contribution in [3.8, 4) is 0 Å². The minimum atomic E-state index is -0.706. The summed E-state index contributed by atoms with van der Waals surface area (Å²) < 4.78 is 10.3. The second-order valence-electron chi connectivity index (χ2n) is 3.97. The Labute approximate surface area is 105 Å². The number of hydrogen-bond acceptors (Lipinski definition) is 6. The van der Waals surface area contributed by atoms with Crippen molar-refractivity contribution in [2.24, 2.45) is 10.7 Å². The first-order valence-electron chi connectivity index (χ1n) is 5.43. The van der Waals surface area contributed by atoms with Gasteiger partial charge in [0.25, 0.3) is 5.91 Å². The molecule has 98 valence electrons. The standard InChI is InChI=1S/C11H16N4O3/c1-15-5-6(10(17-2)18-3)4-7-8(15)13-11(12)14-9(7)16/h4-5,10-11H,12H2,1-3H3,(H,14,16). The Morgan fingerprint density at radius 1 is 1.50 bits per heavy atom. The van der Waals surface area contributed by atoms with Crippen LogP contribution in [-0.2, 0) is 14.3 Å². The lowest BCUT2D eigenvalue weighted by Crippen LogP contribution is -2.50. The molecule has 7 nitrogen and oxygen atoms in total. The first-order valence-corrected chi connectivity index (χ1v) is 5.43. The highest BCUT2D eigenvalue weighted by molar-refractivity contribution is 6.23. The van der Waals surface area contributed by atoms with Crippen molar-refractivity contribution in [1.29, 1.82) is 0 Å². The van der Waals surface area contributed by atoms with Crippen LogP contribution in [0.2, 0.25) is 0 Å². The van der Waals surface area contributed by atoms with Crippen molar-refractivity contribution in [3.63, 3.8) is 0 Å². The van der Waals surface area contributed by atoms with E-state index in [4.69, 9.17) is 15.2 Å². The number of carbonyl (C=O) groups excluding carboxylic acids is 1. The molecule has 0 radical (unpaired) electrons. The number of nitrogens with one attached hydrogen (secondary N) is 1. The smallest absolute Gasteiger partial charge is 0.257 e. The number of amides is 1. The van der Waals surface area contributed by atoms with Gasteiger partial charge in [0.15, 0.2) is 12.6 Å². The number of carbonyl (C=O) groups is 1. The molecule has 3 N–H and O–H groups in total. The third kappa shape index (κ3) is 2.15. The fraction of sp³-hybridized carbons (Fsp3) is 0.455. The Hall–Kier alpha value is -1.70. The van der Waals surface area contributed by atoms with E-state index < -0.39 is 12.6 Å². The zero-order valence-corrected chi connectivity index (χ0v) is 10.5. The lowest BCUT2D eigenvalue weighted by molar-refractivity contribution is -0.118. The Morgan fingerprint density at radius 2 is 2.17 bits per heavy atom. The average molecular weight is 252 g/mol. The van der Waals surface area contributed by atoms with E-state index in [1.165, 1.54) is 14.2 Å². The summed E-state index contributed by atoms with van der Waals surface area (Å²) in [6, 6.07) is 0. The van der Waals surface area contributed by atoms with Gasteiger partial charge in [-0.25, -0.2) is 4.99 Å². The maximum Gasteiger partial charge on any atom is 0.257 e. The predicted octanol–water partition coefficient (Wildman–Crippen LogP) is -0.868. The topological polar surface area (TPSA) is 89.2 Å². The van der Waals surface area contributed by atoms with E-state index in [1.54, 1.807) is 24.2 Å². The number of nitrogens with zero attached hydrogens (tertiary/aromatic N) is 2. The minimum Gasteiger partial charge on any atom is -0.352 e. The van der Waals surface area contributed by atoms with Gasteiger partial charge in [0, 0.05) is 33.0 Å². The number of nitrogens with two attached hydrogens (primary N) is 1. The van der Waals surface area contributed by atoms with Crippen molar-refractivity contribution in [2.45, 2.75) is 12.6 Å². The second kappa shape index (κ2) is 4.89. The van der Waals surface area contributed by atoms with Gasteiger partial charge < -0.3 is 19.7 Å². The molecule has 2 rings (SSSR count). The fourth-order valence-corrected chi connectivity index (χ4v) is 1.94. The van der Waals surface area contributed by atoms with E-state index in [0.29, 0.717) is 11.4 Å². The molecule has 2 aliphatic rings. The van der Waals surface area contributed by atoms with Gasteiger partial charge in [-0.15, -0.1) is 0 Å². The highest BCUT2D eigenvalue weighted by Gasteiger charge is 2.30. The van der Waals surface area contributed by atoms with Crippen molar-refractivity contribution < 1.29 is 14.3 Å². The van der Waals surface area contributed by atoms with Crippen LogP contribution in [0.15, 0.2) is 28.4 Å². The monoisotopic (exact) mass is 252 g/mol. The van der Waals surface area contributed by atoms with E-state index in [-0.39, 0.29) is 5.91 Å². The van der Waals surface area contributed by atoms with Crippen LogP contribution in [-0.4, -0.2) is 50.5 Å². The first-order chi connectivity index (χ1) is 8.56. The van der Waals surface area contributed by atoms with Crippen LogP contribution < -0.4 is 11.1 Å². The number of hydrogen-bond donors (Lipinski definition) is 2. The summed E-state index contributed by atoms with van der Waals surface area (Å²) in [6.45, 7) is 0. The summed E-state index contributed by atoms with van der Waals surface area (Å²) in [4.78, 5) is 17.8. The molecule has 1 unspecified atom stereocenters. The number of ether oxygens (including phenoxy) is 2. The summed E-state index contributed by atoms with van der Waals surface area (Å²) in [5, 5.41) is 2.54. The second-order valence-corrected chi connectivity index (χ2v) is 3.97. The molecule has 2 aliphatic heterocycles. The van der Waals surface area contributed by atoms with E-state index in [0.717, 1.165) is 5.57 Å². The van der Waals surface area contributed by atoms with Crippen LogP contribution >= 0.6 is 0 Å². The summed E-state index contributed by atoms with van der Waals surface area (Å²) in [5.74, 6) is 0.289. The van der Waals surface area contributed by atoms with Crippen molar-refractivity contribution in [2.75, 3.05) is 21.3 Å². The summed E-state index contributed by atoms with van der Waals surface area (Å²) >= 11 is 0. The number of aliphatic imine (C=N–C) groups is 1. The van der Waals surface area contributed by atoms with Gasteiger partial charge >= 0.3 is 0 Å². The molecule has 1 amide bonds. The Kier molecular flexibility index (Phi) is 3.46. The quantitative estimate of drug-likeness (QED) is 0.637. The lowest BCUT2D eigenvalue weighted by atomic mass is 10.0. The lowest BCUT2D eigenvalue weighted by Gasteiger charge is -2.30. The maximum absolute atomic E-state index is 11.9. The molecule has 2 heterocycles. The molecule has 0 spiro atoms. The molecule has 0 bridgehead atoms. The number of fused-ring (bicyclic) bond motifs is 1. The molecule has 0 aromatic carbocycles. The van der Waals surface area contributed by atoms with E-state index in [9.17, 15) is 4.79 Å². The van der Waals surface area contributed by atoms with Gasteiger partial charge in [-0.05, 0) is 6.08 Å². The van der Waals surface area contributed by atoms with Crippen LogP contribution in [0.25, 0.3) is 0 Å². The molecule has 18 heavy (non-hydrogen) atoms. The molecule has 0 aromatic rings. The summed E-state index contributed by atoms with van der Waals surface area (Å²) in [5.41, 5.74) is 6.79. The minimum absolute atomic E-state index is 0.254. The van der Waals surface area contributed by atoms with Gasteiger partial charge in [-0.3, -0.25) is 10.5 Å². The third-order valence-electron chi connectivity index (χ3n) is 2.71. The molecule has 7 heteroatoms. The molecule has 1 atom stereocenters. The van der Waals surface area contributed by atoms with Crippen LogP contribution in [0.1, 0.15) is 0 Å². The van der Waals surface area contributed by atoms with E-state index in [2.05, 4.69) is 10.3 Å². The van der Waals surface area contributed by atoms with Crippen LogP contribution in [0.5, 0.6) is 0 Å². The van der Waals surface area contributed by atoms with Gasteiger partial charge in [0.05, 0.1) is 5.57 Å². The molecule has 0 fully saturated rings. The summed E-state index contributed by atoms with van der Waals surface area (Å²) in [6.07, 6.45) is 2.26. The van der Waals surface area contributed by atoms with E-state index >= 15 is 0 Å². The number of likely N-dealkylation sites (N-methyl/N-ethyl adjacent to an activating group) is 1. The zero-order chi connectivity index (χ0) is 13.3. The van der Waals surface area contributed by atoms with Crippen molar-refractivity contribution in [1.82, 2.24) is 10.2 Å². The molecule has 0 saturated heterocycles. The van der Waals surface area contributed by atoms with Crippen LogP contribution in [0.4, 0.5) is 0 Å². The first kappa shape index (κ1) is 12.7. The largest absolute Gasteiger partial charge is 0.352 e. The number of amidine groups is 1. The predicted molar refractivity (Wildman–Crippen MR) is 65.3 cm³/mol. The van der Waals surface area contributed by atoms with Crippen LogP contribution in [0.3, 0.4) is 0 Å². The van der Waals surface area contributed by atoms with Crippen molar-refractivity contribution in [3.05, 3.63) is 23.4 Å². The highest BCUT2D eigenvalue weighted by Crippen LogP contribution is 2.21. The van der Waals surface area contributed by atoms with Gasteiger partial charge in [-0.1, -0.05) is 0 Å². The van der Waals surface area contributed by atoms with Gasteiger partial charge in [0.2, 0.25) is 0 Å². The number of rotatable bonds is 3. The van der Waals surface area contributed by atoms with Crippen molar-refractivity contribution >= 4 is 11.7 Å². The highest BCUT2D eigenvalue weighted by atomic mass is 16.7. The Morgan fingerprint density at radius 3 is 2.78 bits per heavy atom.